The van der Waals surface area contributed by atoms with Crippen LogP contribution >= 0.6 is 0 Å². The molecule has 0 rings (SSSR count). The summed E-state index contributed by atoms with van der Waals surface area (Å²) in [4.78, 5) is 13.1. The lowest BCUT2D eigenvalue weighted by Crippen LogP contribution is -2.36. The predicted molar refractivity (Wildman–Crippen MR) is 55.6 cm³/mol. The molecule has 0 radical (unpaired) electrons. The van der Waals surface area contributed by atoms with Crippen LogP contribution in [0.15, 0.2) is 0 Å². The molecular weight excluding hydrogens is 178 g/mol. The molecule has 0 aromatic heterocycles. The summed E-state index contributed by atoms with van der Waals surface area (Å²) in [5, 5.41) is 10.9. The predicted octanol–water partition coefficient (Wildman–Crippen LogP) is 0.747. The van der Waals surface area contributed by atoms with Crippen molar-refractivity contribution in [3.63, 3.8) is 0 Å². The first-order chi connectivity index (χ1) is 6.61. The van der Waals surface area contributed by atoms with E-state index in [1.165, 1.54) is 0 Å². The highest BCUT2D eigenvalue weighted by atomic mass is 16.1. The van der Waals surface area contributed by atoms with Gasteiger partial charge in [-0.2, -0.15) is 5.26 Å². The molecule has 0 spiro atoms. The second-order valence-corrected chi connectivity index (χ2v) is 3.42. The molecule has 0 aromatic carbocycles. The lowest BCUT2D eigenvalue weighted by atomic mass is 10.2. The average molecular weight is 197 g/mol. The number of rotatable bonds is 6. The van der Waals surface area contributed by atoms with Crippen LogP contribution in [0.5, 0.6) is 0 Å². The van der Waals surface area contributed by atoms with Crippen molar-refractivity contribution in [1.29, 1.82) is 5.26 Å². The van der Waals surface area contributed by atoms with Crippen LogP contribution in [-0.2, 0) is 4.79 Å². The minimum atomic E-state index is -0.190. The summed E-state index contributed by atoms with van der Waals surface area (Å²) >= 11 is 0. The fourth-order valence-electron chi connectivity index (χ4n) is 1.04. The van der Waals surface area contributed by atoms with Crippen LogP contribution in [0.25, 0.3) is 0 Å². The number of carbonyl (C=O) groups is 1. The van der Waals surface area contributed by atoms with Gasteiger partial charge < -0.3 is 10.2 Å². The zero-order valence-electron chi connectivity index (χ0n) is 9.21. The van der Waals surface area contributed by atoms with Crippen molar-refractivity contribution in [3.05, 3.63) is 0 Å². The van der Waals surface area contributed by atoms with Gasteiger partial charge >= 0.3 is 0 Å². The molecule has 0 bridgehead atoms. The smallest absolute Gasteiger partial charge is 0.234 e. The van der Waals surface area contributed by atoms with Crippen molar-refractivity contribution in [1.82, 2.24) is 10.2 Å². The lowest BCUT2D eigenvalue weighted by Gasteiger charge is -2.23. The Morgan fingerprint density at radius 3 is 2.79 bits per heavy atom. The van der Waals surface area contributed by atoms with Crippen molar-refractivity contribution in [2.45, 2.75) is 32.7 Å². The van der Waals surface area contributed by atoms with Gasteiger partial charge in [0, 0.05) is 19.1 Å². The van der Waals surface area contributed by atoms with Crippen LogP contribution in [0.3, 0.4) is 0 Å². The molecule has 4 heteroatoms. The number of likely N-dealkylation sites (N-methyl/N-ethyl adjacent to an activating group) is 1. The Labute approximate surface area is 85.9 Å². The molecule has 0 aliphatic carbocycles. The Morgan fingerprint density at radius 2 is 2.29 bits per heavy atom. The number of nitriles is 1. The highest BCUT2D eigenvalue weighted by Gasteiger charge is 2.06. The van der Waals surface area contributed by atoms with E-state index < -0.39 is 0 Å². The van der Waals surface area contributed by atoms with Gasteiger partial charge in [-0.05, 0) is 20.4 Å². The summed E-state index contributed by atoms with van der Waals surface area (Å²) in [5.41, 5.74) is 0. The second-order valence-electron chi connectivity index (χ2n) is 3.42. The van der Waals surface area contributed by atoms with E-state index in [1.807, 2.05) is 13.1 Å². The van der Waals surface area contributed by atoms with Gasteiger partial charge in [0.15, 0.2) is 0 Å². The van der Waals surface area contributed by atoms with Gasteiger partial charge in [0.1, 0.15) is 6.42 Å². The standard InChI is InChI=1S/C10H19N3O/c1-4-9(2)13(3)8-7-12-10(14)5-6-11/h9H,4-5,7-8H2,1-3H3,(H,12,14). The molecule has 1 amide bonds. The Morgan fingerprint density at radius 1 is 1.64 bits per heavy atom. The molecule has 0 saturated carbocycles. The molecule has 14 heavy (non-hydrogen) atoms. The van der Waals surface area contributed by atoms with E-state index in [2.05, 4.69) is 24.1 Å². The zero-order chi connectivity index (χ0) is 11.0. The molecule has 4 nitrogen and oxygen atoms in total. The summed E-state index contributed by atoms with van der Waals surface area (Å²) < 4.78 is 0. The van der Waals surface area contributed by atoms with Gasteiger partial charge in [0.2, 0.25) is 5.91 Å². The number of nitrogens with zero attached hydrogens (tertiary/aromatic N) is 2. The SMILES string of the molecule is CCC(C)N(C)CCNC(=O)CC#N. The zero-order valence-corrected chi connectivity index (χ0v) is 9.21. The van der Waals surface area contributed by atoms with Crippen LogP contribution in [0.1, 0.15) is 26.7 Å². The number of carbonyl (C=O) groups excluding carboxylic acids is 1. The first-order valence-electron chi connectivity index (χ1n) is 4.95. The monoisotopic (exact) mass is 197 g/mol. The third-order valence-corrected chi connectivity index (χ3v) is 2.37. The van der Waals surface area contributed by atoms with Crippen LogP contribution in [0.2, 0.25) is 0 Å². The third kappa shape index (κ3) is 5.55. The minimum absolute atomic E-state index is 0.0486. The summed E-state index contributed by atoms with van der Waals surface area (Å²) in [6.07, 6.45) is 1.05. The summed E-state index contributed by atoms with van der Waals surface area (Å²) in [7, 11) is 2.03. The Balaban J connectivity index is 3.54. The van der Waals surface area contributed by atoms with E-state index >= 15 is 0 Å². The molecule has 0 saturated heterocycles. The first-order valence-corrected chi connectivity index (χ1v) is 4.95. The van der Waals surface area contributed by atoms with Gasteiger partial charge in [0.25, 0.3) is 0 Å². The number of hydrogen-bond acceptors (Lipinski definition) is 3. The highest BCUT2D eigenvalue weighted by molar-refractivity contribution is 5.77. The molecule has 0 aliphatic rings. The van der Waals surface area contributed by atoms with E-state index in [4.69, 9.17) is 5.26 Å². The largest absolute Gasteiger partial charge is 0.354 e. The molecule has 80 valence electrons. The van der Waals surface area contributed by atoms with E-state index in [1.54, 1.807) is 0 Å². The van der Waals surface area contributed by atoms with Crippen molar-refractivity contribution >= 4 is 5.91 Å². The van der Waals surface area contributed by atoms with Crippen molar-refractivity contribution in [2.75, 3.05) is 20.1 Å². The van der Waals surface area contributed by atoms with Crippen LogP contribution in [-0.4, -0.2) is 37.0 Å². The Hall–Kier alpha value is -1.08. The van der Waals surface area contributed by atoms with E-state index in [0.717, 1.165) is 13.0 Å². The van der Waals surface area contributed by atoms with Crippen LogP contribution in [0.4, 0.5) is 0 Å². The summed E-state index contributed by atoms with van der Waals surface area (Å²) in [6.45, 7) is 5.72. The maximum atomic E-state index is 10.9. The second kappa shape index (κ2) is 7.34. The van der Waals surface area contributed by atoms with Crippen molar-refractivity contribution in [3.8, 4) is 6.07 Å². The first kappa shape index (κ1) is 12.9. The minimum Gasteiger partial charge on any atom is -0.354 e. The summed E-state index contributed by atoms with van der Waals surface area (Å²) in [5.74, 6) is -0.190. The molecule has 0 heterocycles. The molecule has 1 atom stereocenters. The van der Waals surface area contributed by atoms with Gasteiger partial charge in [-0.15, -0.1) is 0 Å². The molecule has 1 N–H and O–H groups in total. The molecule has 0 aromatic rings. The van der Waals surface area contributed by atoms with Gasteiger partial charge in [-0.25, -0.2) is 0 Å². The number of amides is 1. The maximum absolute atomic E-state index is 10.9. The summed E-state index contributed by atoms with van der Waals surface area (Å²) in [6, 6.07) is 2.34. The van der Waals surface area contributed by atoms with Crippen molar-refractivity contribution < 1.29 is 4.79 Å². The van der Waals surface area contributed by atoms with E-state index in [9.17, 15) is 4.79 Å². The van der Waals surface area contributed by atoms with Gasteiger partial charge in [0.05, 0.1) is 6.07 Å². The number of nitrogens with one attached hydrogen (secondary N) is 1. The third-order valence-electron chi connectivity index (χ3n) is 2.37. The van der Waals surface area contributed by atoms with Gasteiger partial charge in [-0.3, -0.25) is 4.79 Å². The normalized spacial score (nSPS) is 12.2. The molecule has 0 fully saturated rings. The Kier molecular flexibility index (Phi) is 6.77. The Bertz CT molecular complexity index is 210. The quantitative estimate of drug-likeness (QED) is 0.683. The van der Waals surface area contributed by atoms with Crippen molar-refractivity contribution in [2.24, 2.45) is 0 Å². The van der Waals surface area contributed by atoms with Crippen LogP contribution in [0, 0.1) is 11.3 Å². The average Bonchev–Trinajstić information content (AvgIpc) is 2.16. The molecule has 0 aliphatic heterocycles. The topological polar surface area (TPSA) is 56.1 Å². The fourth-order valence-corrected chi connectivity index (χ4v) is 1.04. The molecule has 1 unspecified atom stereocenters. The van der Waals surface area contributed by atoms with Crippen LogP contribution < -0.4 is 5.32 Å². The lowest BCUT2D eigenvalue weighted by molar-refractivity contribution is -0.120. The maximum Gasteiger partial charge on any atom is 0.234 e. The molecular formula is C10H19N3O. The highest BCUT2D eigenvalue weighted by Crippen LogP contribution is 1.97. The van der Waals surface area contributed by atoms with Gasteiger partial charge in [-0.1, -0.05) is 6.92 Å². The van der Waals surface area contributed by atoms with E-state index in [0.29, 0.717) is 12.6 Å². The van der Waals surface area contributed by atoms with E-state index in [-0.39, 0.29) is 12.3 Å². The fraction of sp³-hybridized carbons (Fsp3) is 0.800. The number of hydrogen-bond donors (Lipinski definition) is 1.